The lowest BCUT2D eigenvalue weighted by Gasteiger charge is -2.75. The van der Waals surface area contributed by atoms with Gasteiger partial charge in [-0.15, -0.1) is 0 Å². The predicted molar refractivity (Wildman–Crippen MR) is 99.4 cm³/mol. The van der Waals surface area contributed by atoms with Crippen LogP contribution < -0.4 is 0 Å². The van der Waals surface area contributed by atoms with Gasteiger partial charge < -0.3 is 4.74 Å². The quantitative estimate of drug-likeness (QED) is 0.570. The first kappa shape index (κ1) is 16.2. The molecule has 0 amide bonds. The van der Waals surface area contributed by atoms with Gasteiger partial charge in [0.1, 0.15) is 21.5 Å². The average Bonchev–Trinajstić information content (AvgIpc) is 3.42. The number of rotatable bonds is 0. The minimum absolute atomic E-state index is 0.00350. The maximum Gasteiger partial charge on any atom is 0.197 e. The van der Waals surface area contributed by atoms with Crippen LogP contribution in [-0.2, 0) is 9.53 Å². The Morgan fingerprint density at radius 2 is 1.54 bits per heavy atom. The molecule has 6 aliphatic carbocycles. The number of ketones is 1. The highest BCUT2D eigenvalue weighted by Gasteiger charge is 2.93. The summed E-state index contributed by atoms with van der Waals surface area (Å²) in [4.78, 5) is 13.5. The first-order valence-corrected chi connectivity index (χ1v) is 10.7. The smallest absolute Gasteiger partial charge is 0.197 e. The Kier molecular flexibility index (Phi) is 2.57. The van der Waals surface area contributed by atoms with E-state index < -0.39 is 22.2 Å². The molecule has 0 unspecified atom stereocenters. The molecule has 7 rings (SSSR count). The second-order valence-corrected chi connectivity index (χ2v) is 10.3. The molecule has 140 valence electrons. The first-order chi connectivity index (χ1) is 13.5. The van der Waals surface area contributed by atoms with E-state index in [2.05, 4.69) is 36.4 Å². The Morgan fingerprint density at radius 3 is 2.18 bits per heavy atom. The Morgan fingerprint density at radius 1 is 0.929 bits per heavy atom. The standard InChI is InChI=1S/C22H16Cl2N2O2/c23-16-18(24)22(15-11-3-4-12(6-11)17(15)28-22)21(8-26)14-10-2-1-9(5-10)13(14)20(21,7-25)19(16)27/h1-4,9-15,17H,5-6H2/t9-,10+,11-,12+,13+,14-,15+,17-,20+,21+,22-/m0/s1. The number of carbonyl (C=O) groups is 1. The molecular formula is C22H16Cl2N2O2. The molecule has 4 bridgehead atoms. The minimum Gasteiger partial charge on any atom is -0.363 e. The van der Waals surface area contributed by atoms with Crippen molar-refractivity contribution in [2.45, 2.75) is 24.5 Å². The van der Waals surface area contributed by atoms with Crippen molar-refractivity contribution in [3.05, 3.63) is 34.4 Å². The van der Waals surface area contributed by atoms with Gasteiger partial charge in [-0.3, -0.25) is 4.79 Å². The van der Waals surface area contributed by atoms with Crippen LogP contribution in [0.2, 0.25) is 0 Å². The topological polar surface area (TPSA) is 73.9 Å². The molecule has 11 atom stereocenters. The van der Waals surface area contributed by atoms with Gasteiger partial charge in [0.15, 0.2) is 5.78 Å². The van der Waals surface area contributed by atoms with Crippen molar-refractivity contribution in [2.24, 2.45) is 52.3 Å². The third-order valence-electron chi connectivity index (χ3n) is 9.27. The zero-order chi connectivity index (χ0) is 19.2. The molecule has 4 nitrogen and oxygen atoms in total. The van der Waals surface area contributed by atoms with Crippen molar-refractivity contribution in [2.75, 3.05) is 0 Å². The molecule has 1 spiro atoms. The molecule has 0 N–H and O–H groups in total. The largest absolute Gasteiger partial charge is 0.363 e. The molecule has 0 radical (unpaired) electrons. The fourth-order valence-electron chi connectivity index (χ4n) is 8.62. The van der Waals surface area contributed by atoms with Crippen molar-refractivity contribution in [3.8, 4) is 12.1 Å². The van der Waals surface area contributed by atoms with Crippen molar-refractivity contribution >= 4 is 29.0 Å². The summed E-state index contributed by atoms with van der Waals surface area (Å²) in [5, 5.41) is 21.1. The highest BCUT2D eigenvalue weighted by molar-refractivity contribution is 6.50. The van der Waals surface area contributed by atoms with Gasteiger partial charge in [0.25, 0.3) is 0 Å². The summed E-state index contributed by atoms with van der Waals surface area (Å²) in [5.74, 6) is 0.197. The van der Waals surface area contributed by atoms with Crippen LogP contribution in [0.4, 0.5) is 0 Å². The van der Waals surface area contributed by atoms with Crippen LogP contribution in [-0.4, -0.2) is 17.5 Å². The van der Waals surface area contributed by atoms with Gasteiger partial charge in [-0.25, -0.2) is 0 Å². The number of nitriles is 2. The zero-order valence-electron chi connectivity index (χ0n) is 14.8. The van der Waals surface area contributed by atoms with E-state index in [4.69, 9.17) is 27.9 Å². The van der Waals surface area contributed by atoms with Gasteiger partial charge in [-0.2, -0.15) is 10.5 Å². The van der Waals surface area contributed by atoms with Crippen LogP contribution in [0, 0.1) is 74.9 Å². The van der Waals surface area contributed by atoms with Gasteiger partial charge >= 0.3 is 0 Å². The second kappa shape index (κ2) is 4.44. The molecular weight excluding hydrogens is 395 g/mol. The van der Waals surface area contributed by atoms with Crippen molar-refractivity contribution in [1.82, 2.24) is 0 Å². The molecule has 7 aliphatic rings. The number of nitrogens with zero attached hydrogens (tertiary/aromatic N) is 2. The molecule has 1 aliphatic heterocycles. The van der Waals surface area contributed by atoms with E-state index in [1.54, 1.807) is 0 Å². The van der Waals surface area contributed by atoms with E-state index in [1.165, 1.54) is 0 Å². The van der Waals surface area contributed by atoms with E-state index in [0.717, 1.165) is 12.8 Å². The lowest BCUT2D eigenvalue weighted by molar-refractivity contribution is -0.345. The van der Waals surface area contributed by atoms with Crippen LogP contribution in [0.25, 0.3) is 0 Å². The summed E-state index contributed by atoms with van der Waals surface area (Å²) < 4.78 is 6.55. The number of carbonyl (C=O) groups excluding carboxylic acids is 1. The molecule has 0 aromatic heterocycles. The van der Waals surface area contributed by atoms with Crippen LogP contribution in [0.1, 0.15) is 12.8 Å². The Balaban J connectivity index is 1.55. The molecule has 0 aromatic rings. The van der Waals surface area contributed by atoms with Gasteiger partial charge in [0.2, 0.25) is 0 Å². The highest BCUT2D eigenvalue weighted by Crippen LogP contribution is 2.85. The van der Waals surface area contributed by atoms with E-state index in [0.29, 0.717) is 5.92 Å². The molecule has 6 heteroatoms. The first-order valence-electron chi connectivity index (χ1n) is 9.97. The Bertz CT molecular complexity index is 1070. The normalized spacial score (nSPS) is 60.8. The van der Waals surface area contributed by atoms with Gasteiger partial charge in [0.05, 0.1) is 23.3 Å². The summed E-state index contributed by atoms with van der Waals surface area (Å²) in [6, 6.07) is 4.84. The van der Waals surface area contributed by atoms with Crippen LogP contribution in [0.5, 0.6) is 0 Å². The van der Waals surface area contributed by atoms with Gasteiger partial charge in [-0.1, -0.05) is 47.5 Å². The number of allylic oxidation sites excluding steroid dienone is 4. The number of halogens is 2. The Labute approximate surface area is 172 Å². The second-order valence-electron chi connectivity index (χ2n) is 9.59. The molecule has 1 saturated heterocycles. The van der Waals surface area contributed by atoms with E-state index in [-0.39, 0.29) is 51.7 Å². The summed E-state index contributed by atoms with van der Waals surface area (Å²) in [6.45, 7) is 0. The van der Waals surface area contributed by atoms with Crippen molar-refractivity contribution in [1.29, 1.82) is 10.5 Å². The maximum absolute atomic E-state index is 13.5. The van der Waals surface area contributed by atoms with E-state index >= 15 is 0 Å². The summed E-state index contributed by atoms with van der Waals surface area (Å²) in [6.07, 6.45) is 10.5. The zero-order valence-corrected chi connectivity index (χ0v) is 16.3. The van der Waals surface area contributed by atoms with Gasteiger partial charge in [0, 0.05) is 11.8 Å². The van der Waals surface area contributed by atoms with Crippen molar-refractivity contribution < 1.29 is 9.53 Å². The SMILES string of the molecule is N#C[C@@]12[C@@H]3[C@@H]([C@H]4C=C[C@@H]3C4)[C@]1(C#N)C(=O)C(Cl)=C(Cl)[C@]21O[C@@H]2[C@H]1[C@H]1C=C[C@@H]2C1. The molecule has 0 aromatic carbocycles. The molecule has 4 fully saturated rings. The number of Topliss-reactive ketones (excluding diaryl/α,β-unsaturated/α-hetero) is 1. The molecule has 3 saturated carbocycles. The monoisotopic (exact) mass is 410 g/mol. The highest BCUT2D eigenvalue weighted by atomic mass is 35.5. The molecule has 28 heavy (non-hydrogen) atoms. The number of ether oxygens (including phenoxy) is 1. The minimum atomic E-state index is -1.47. The number of fused-ring (bicyclic) bond motifs is 15. The van der Waals surface area contributed by atoms with E-state index in [9.17, 15) is 15.3 Å². The third kappa shape index (κ3) is 1.16. The summed E-state index contributed by atoms with van der Waals surface area (Å²) >= 11 is 13.3. The van der Waals surface area contributed by atoms with Crippen LogP contribution in [0.3, 0.4) is 0 Å². The van der Waals surface area contributed by atoms with Crippen molar-refractivity contribution in [3.63, 3.8) is 0 Å². The third-order valence-corrected chi connectivity index (χ3v) is 10.2. The summed E-state index contributed by atoms with van der Waals surface area (Å²) in [7, 11) is 0. The Hall–Kier alpha value is -1.59. The number of hydrogen-bond donors (Lipinski definition) is 0. The summed E-state index contributed by atoms with van der Waals surface area (Å²) in [5.41, 5.74) is -3.88. The van der Waals surface area contributed by atoms with Gasteiger partial charge in [-0.05, 0) is 42.4 Å². The lowest BCUT2D eigenvalue weighted by atomic mass is 9.28. The van der Waals surface area contributed by atoms with Crippen LogP contribution in [0.15, 0.2) is 34.4 Å². The predicted octanol–water partition coefficient (Wildman–Crippen LogP) is 3.69. The maximum atomic E-state index is 13.5. The van der Waals surface area contributed by atoms with Crippen LogP contribution >= 0.6 is 23.2 Å². The fraction of sp³-hybridized carbons (Fsp3) is 0.591. The number of hydrogen-bond acceptors (Lipinski definition) is 4. The molecule has 1 heterocycles. The average molecular weight is 411 g/mol. The van der Waals surface area contributed by atoms with E-state index in [1.807, 2.05) is 0 Å². The lowest BCUT2D eigenvalue weighted by Crippen LogP contribution is -2.85. The fourth-order valence-corrected chi connectivity index (χ4v) is 9.31.